The molecule has 1 aliphatic rings. The van der Waals surface area contributed by atoms with Gasteiger partial charge < -0.3 is 19.2 Å². The monoisotopic (exact) mass is 588 g/mol. The number of hydrogen-bond donors (Lipinski definition) is 1. The van der Waals surface area contributed by atoms with Gasteiger partial charge in [0, 0.05) is 16.5 Å². The number of hydrogen-bond acceptors (Lipinski definition) is 7. The van der Waals surface area contributed by atoms with Crippen molar-refractivity contribution in [1.29, 1.82) is 0 Å². The van der Waals surface area contributed by atoms with Crippen LogP contribution in [0.15, 0.2) is 65.3 Å². The Kier molecular flexibility index (Phi) is 8.36. The van der Waals surface area contributed by atoms with Gasteiger partial charge in [0.15, 0.2) is 0 Å². The van der Waals surface area contributed by atoms with Crippen LogP contribution in [0.4, 0.5) is 5.82 Å². The van der Waals surface area contributed by atoms with E-state index >= 15 is 0 Å². The third-order valence-electron chi connectivity index (χ3n) is 7.11. The van der Waals surface area contributed by atoms with E-state index in [1.54, 1.807) is 37.5 Å². The number of aryl methyl sites for hydroxylation is 1. The fourth-order valence-electron chi connectivity index (χ4n) is 5.10. The zero-order valence-electron chi connectivity index (χ0n) is 24.8. The van der Waals surface area contributed by atoms with Crippen molar-refractivity contribution >= 4 is 29.4 Å². The Balaban J connectivity index is 1.72. The second kappa shape index (κ2) is 12.0. The van der Waals surface area contributed by atoms with E-state index in [2.05, 4.69) is 26.1 Å². The van der Waals surface area contributed by atoms with Crippen molar-refractivity contribution in [2.24, 2.45) is 0 Å². The molecule has 4 aromatic rings. The van der Waals surface area contributed by atoms with Gasteiger partial charge in [0.2, 0.25) is 11.8 Å². The van der Waals surface area contributed by atoms with Crippen LogP contribution in [0.5, 0.6) is 11.5 Å². The number of methoxy groups -OCH3 is 2. The fraction of sp³-hybridized carbons (Fsp3) is 0.344. The highest BCUT2D eigenvalue weighted by molar-refractivity contribution is 8.00. The highest BCUT2D eigenvalue weighted by Crippen LogP contribution is 2.51. The molecule has 9 nitrogen and oxygen atoms in total. The number of furan rings is 1. The summed E-state index contributed by atoms with van der Waals surface area (Å²) in [7, 11) is 3.26. The van der Waals surface area contributed by atoms with Crippen molar-refractivity contribution in [3.05, 3.63) is 89.0 Å². The fourth-order valence-corrected chi connectivity index (χ4v) is 6.31. The van der Waals surface area contributed by atoms with Gasteiger partial charge in [0.25, 0.3) is 0 Å². The molecule has 220 valence electrons. The van der Waals surface area contributed by atoms with E-state index in [0.29, 0.717) is 23.1 Å². The molecule has 0 aliphatic carbocycles. The number of carbonyl (C=O) groups excluding carboxylic acids is 2. The van der Waals surface area contributed by atoms with Gasteiger partial charge in [-0.25, -0.2) is 4.68 Å². The first-order chi connectivity index (χ1) is 20.1. The minimum absolute atomic E-state index is 0.155. The summed E-state index contributed by atoms with van der Waals surface area (Å²) in [6, 6.07) is 17.2. The lowest BCUT2D eigenvalue weighted by Gasteiger charge is -2.25. The Morgan fingerprint density at radius 3 is 2.60 bits per heavy atom. The van der Waals surface area contributed by atoms with Crippen LogP contribution in [-0.4, -0.2) is 48.1 Å². The molecule has 0 saturated carbocycles. The van der Waals surface area contributed by atoms with E-state index in [-0.39, 0.29) is 41.3 Å². The molecular formula is C32H36N4O5S. The minimum atomic E-state index is -0.384. The first kappa shape index (κ1) is 29.3. The zero-order chi connectivity index (χ0) is 30.0. The number of aromatic nitrogens is 2. The maximum absolute atomic E-state index is 13.9. The second-order valence-electron chi connectivity index (χ2n) is 11.2. The normalized spacial score (nSPS) is 15.2. The summed E-state index contributed by atoms with van der Waals surface area (Å²) in [4.78, 5) is 28.8. The molecule has 3 heterocycles. The molecule has 1 atom stereocenters. The van der Waals surface area contributed by atoms with Crippen molar-refractivity contribution in [3.63, 3.8) is 0 Å². The van der Waals surface area contributed by atoms with E-state index in [1.807, 2.05) is 54.1 Å². The van der Waals surface area contributed by atoms with Gasteiger partial charge in [0.05, 0.1) is 49.4 Å². The molecular weight excluding hydrogens is 552 g/mol. The Labute approximate surface area is 250 Å². The van der Waals surface area contributed by atoms with Gasteiger partial charge in [-0.2, -0.15) is 5.10 Å². The molecule has 42 heavy (non-hydrogen) atoms. The Morgan fingerprint density at radius 1 is 1.12 bits per heavy atom. The van der Waals surface area contributed by atoms with Crippen LogP contribution in [0.25, 0.3) is 5.69 Å². The molecule has 0 saturated heterocycles. The number of nitrogens with zero attached hydrogens (tertiary/aromatic N) is 3. The van der Waals surface area contributed by atoms with E-state index in [0.717, 1.165) is 28.1 Å². The minimum Gasteiger partial charge on any atom is -0.497 e. The van der Waals surface area contributed by atoms with Crippen molar-refractivity contribution < 1.29 is 23.5 Å². The number of benzene rings is 2. The highest BCUT2D eigenvalue weighted by Gasteiger charge is 2.41. The van der Waals surface area contributed by atoms with Gasteiger partial charge in [0.1, 0.15) is 29.6 Å². The summed E-state index contributed by atoms with van der Waals surface area (Å²) < 4.78 is 18.6. The lowest BCUT2D eigenvalue weighted by Crippen LogP contribution is -2.42. The molecule has 0 bridgehead atoms. The average Bonchev–Trinajstić information content (AvgIpc) is 3.61. The summed E-state index contributed by atoms with van der Waals surface area (Å²) in [5.74, 6) is 2.23. The van der Waals surface area contributed by atoms with Crippen LogP contribution >= 0.6 is 11.8 Å². The highest BCUT2D eigenvalue weighted by atomic mass is 32.2. The average molecular weight is 589 g/mol. The van der Waals surface area contributed by atoms with Crippen LogP contribution in [0.2, 0.25) is 0 Å². The predicted molar refractivity (Wildman–Crippen MR) is 164 cm³/mol. The lowest BCUT2D eigenvalue weighted by atomic mass is 9.87. The zero-order valence-corrected chi connectivity index (χ0v) is 25.6. The van der Waals surface area contributed by atoms with Crippen LogP contribution in [0.3, 0.4) is 0 Å². The van der Waals surface area contributed by atoms with Gasteiger partial charge in [-0.1, -0.05) is 32.9 Å². The number of anilines is 1. The van der Waals surface area contributed by atoms with E-state index in [1.165, 1.54) is 11.8 Å². The summed E-state index contributed by atoms with van der Waals surface area (Å²) in [5.41, 5.74) is 4.04. The largest absolute Gasteiger partial charge is 0.497 e. The summed E-state index contributed by atoms with van der Waals surface area (Å²) in [6.07, 6.45) is 1.56. The maximum atomic E-state index is 13.9. The third kappa shape index (κ3) is 5.90. The second-order valence-corrected chi connectivity index (χ2v) is 12.3. The molecule has 2 amide bonds. The van der Waals surface area contributed by atoms with Gasteiger partial charge >= 0.3 is 0 Å². The molecule has 10 heteroatoms. The molecule has 2 aromatic heterocycles. The molecule has 0 radical (unpaired) electrons. The molecule has 5 rings (SSSR count). The van der Waals surface area contributed by atoms with Crippen LogP contribution in [-0.2, 0) is 21.5 Å². The topological polar surface area (TPSA) is 98.8 Å². The first-order valence-electron chi connectivity index (χ1n) is 13.7. The van der Waals surface area contributed by atoms with Gasteiger partial charge in [-0.15, -0.1) is 11.8 Å². The van der Waals surface area contributed by atoms with Crippen molar-refractivity contribution in [2.75, 3.05) is 31.4 Å². The molecule has 0 fully saturated rings. The van der Waals surface area contributed by atoms with Crippen LogP contribution in [0, 0.1) is 6.92 Å². The van der Waals surface area contributed by atoms with E-state index < -0.39 is 0 Å². The Morgan fingerprint density at radius 2 is 1.93 bits per heavy atom. The Bertz CT molecular complexity index is 1590. The summed E-state index contributed by atoms with van der Waals surface area (Å²) in [5, 5.41) is 7.72. The smallest absolute Gasteiger partial charge is 0.240 e. The number of fused-ring (bicyclic) bond motifs is 1. The third-order valence-corrected chi connectivity index (χ3v) is 8.34. The lowest BCUT2D eigenvalue weighted by molar-refractivity contribution is -0.123. The number of carbonyl (C=O) groups is 2. The number of nitrogens with one attached hydrogen (secondary N) is 1. The molecule has 1 aliphatic heterocycles. The maximum Gasteiger partial charge on any atom is 0.240 e. The predicted octanol–water partition coefficient (Wildman–Crippen LogP) is 5.57. The van der Waals surface area contributed by atoms with Gasteiger partial charge in [-0.3, -0.25) is 14.5 Å². The molecule has 0 unspecified atom stereocenters. The van der Waals surface area contributed by atoms with Crippen molar-refractivity contribution in [2.45, 2.75) is 44.9 Å². The van der Waals surface area contributed by atoms with Crippen molar-refractivity contribution in [3.8, 4) is 17.2 Å². The van der Waals surface area contributed by atoms with Crippen LogP contribution < -0.4 is 19.7 Å². The number of amides is 2. The van der Waals surface area contributed by atoms with Crippen molar-refractivity contribution in [1.82, 2.24) is 15.1 Å². The SMILES string of the molecule is COc1ccc(OC)c([C@@H]2SCC(=O)N(CC(=O)NCc3ccco3)c3c2c(C(C)(C)C)nn3-c2cccc(C)c2)c1. The van der Waals surface area contributed by atoms with Crippen LogP contribution in [0.1, 0.15) is 54.2 Å². The van der Waals surface area contributed by atoms with E-state index in [9.17, 15) is 9.59 Å². The number of ether oxygens (including phenoxy) is 2. The van der Waals surface area contributed by atoms with E-state index in [4.69, 9.17) is 19.0 Å². The molecule has 2 aromatic carbocycles. The first-order valence-corrected chi connectivity index (χ1v) is 14.8. The molecule has 1 N–H and O–H groups in total. The Hall–Kier alpha value is -4.18. The number of rotatable bonds is 8. The quantitative estimate of drug-likeness (QED) is 0.287. The summed E-state index contributed by atoms with van der Waals surface area (Å²) in [6.45, 7) is 8.39. The summed E-state index contributed by atoms with van der Waals surface area (Å²) >= 11 is 1.49. The molecule has 0 spiro atoms. The van der Waals surface area contributed by atoms with Gasteiger partial charge in [-0.05, 0) is 55.0 Å². The standard InChI is InChI=1S/C32H36N4O5S/c1-20-9-7-10-21(15-20)36-31-28(30(34-36)32(2,3)4)29(24-16-22(39-5)12-13-25(24)40-6)42-19-27(38)35(31)18-26(37)33-17-23-11-8-14-41-23/h7-16,29H,17-19H2,1-6H3,(H,33,37)/t29-/m0/s1. The number of thioether (sulfide) groups is 1.